The molecule has 35 heavy (non-hydrogen) atoms. The van der Waals surface area contributed by atoms with Gasteiger partial charge in [-0.1, -0.05) is 48.9 Å². The Hall–Kier alpha value is -3.07. The highest BCUT2D eigenvalue weighted by Gasteiger charge is 2.27. The van der Waals surface area contributed by atoms with Gasteiger partial charge < -0.3 is 15.0 Å². The van der Waals surface area contributed by atoms with Crippen LogP contribution < -0.4 is 14.4 Å². The molecule has 0 unspecified atom stereocenters. The summed E-state index contributed by atoms with van der Waals surface area (Å²) in [5, 5.41) is 2.86. The fourth-order valence-corrected chi connectivity index (χ4v) is 4.77. The highest BCUT2D eigenvalue weighted by Crippen LogP contribution is 2.29. The lowest BCUT2D eigenvalue weighted by Gasteiger charge is -2.29. The first kappa shape index (κ1) is 28.2. The molecule has 0 bridgehead atoms. The molecule has 2 aromatic carbocycles. The number of carbonyl (C=O) groups is 2. The Morgan fingerprint density at radius 2 is 1.83 bits per heavy atom. The van der Waals surface area contributed by atoms with Crippen molar-refractivity contribution in [3.05, 3.63) is 59.7 Å². The number of hydrogen-bond acceptors (Lipinski definition) is 5. The van der Waals surface area contributed by atoms with Crippen LogP contribution in [0.5, 0.6) is 5.75 Å². The molecular weight excluding hydrogens is 466 g/mol. The molecule has 2 rings (SSSR count). The third kappa shape index (κ3) is 8.28. The lowest BCUT2D eigenvalue weighted by atomic mass is 10.1. The molecule has 2 aromatic rings. The van der Waals surface area contributed by atoms with Crippen LogP contribution in [0.2, 0.25) is 0 Å². The molecule has 0 saturated heterocycles. The third-order valence-electron chi connectivity index (χ3n) is 5.66. The van der Waals surface area contributed by atoms with Gasteiger partial charge in [-0.05, 0) is 44.4 Å². The summed E-state index contributed by atoms with van der Waals surface area (Å²) in [5.41, 5.74) is 2.42. The molecule has 0 radical (unpaired) electrons. The van der Waals surface area contributed by atoms with Gasteiger partial charge in [0.2, 0.25) is 21.8 Å². The predicted octanol–water partition coefficient (Wildman–Crippen LogP) is 3.49. The largest absolute Gasteiger partial charge is 0.495 e. The standard InChI is InChI=1S/C26H37N3O5S/c1-6-16-27-26(31)21(3)28(19-22-12-9-11-20(2)18-22)25(30)15-10-17-29(35(5,32)33)23-13-7-8-14-24(23)34-4/h7-9,11-14,18,21H,6,10,15-17,19H2,1-5H3,(H,27,31)/t21-/m1/s1. The van der Waals surface area contributed by atoms with Gasteiger partial charge in [0.1, 0.15) is 11.8 Å². The zero-order chi connectivity index (χ0) is 26.0. The van der Waals surface area contributed by atoms with Crippen molar-refractivity contribution in [1.29, 1.82) is 0 Å². The van der Waals surface area contributed by atoms with Gasteiger partial charge in [-0.3, -0.25) is 13.9 Å². The summed E-state index contributed by atoms with van der Waals surface area (Å²) < 4.78 is 31.6. The summed E-state index contributed by atoms with van der Waals surface area (Å²) >= 11 is 0. The lowest BCUT2D eigenvalue weighted by molar-refractivity contribution is -0.140. The number of hydrogen-bond donors (Lipinski definition) is 1. The normalized spacial score (nSPS) is 12.0. The summed E-state index contributed by atoms with van der Waals surface area (Å²) in [7, 11) is -2.11. The maximum atomic E-state index is 13.3. The first-order valence-corrected chi connectivity index (χ1v) is 13.7. The number of rotatable bonds is 13. The van der Waals surface area contributed by atoms with Crippen LogP contribution in [-0.2, 0) is 26.2 Å². The number of para-hydroxylation sites is 2. The minimum atomic E-state index is -3.60. The van der Waals surface area contributed by atoms with Crippen LogP contribution >= 0.6 is 0 Å². The fraction of sp³-hybridized carbons (Fsp3) is 0.462. The summed E-state index contributed by atoms with van der Waals surface area (Å²) in [6.07, 6.45) is 2.32. The van der Waals surface area contributed by atoms with Crippen LogP contribution in [0.3, 0.4) is 0 Å². The fourth-order valence-electron chi connectivity index (χ4n) is 3.80. The maximum absolute atomic E-state index is 13.3. The van der Waals surface area contributed by atoms with E-state index in [9.17, 15) is 18.0 Å². The Bertz CT molecular complexity index is 1100. The highest BCUT2D eigenvalue weighted by molar-refractivity contribution is 7.92. The molecule has 0 heterocycles. The number of benzene rings is 2. The molecule has 8 nitrogen and oxygen atoms in total. The van der Waals surface area contributed by atoms with E-state index in [-0.39, 0.29) is 31.2 Å². The van der Waals surface area contributed by atoms with E-state index in [2.05, 4.69) is 5.32 Å². The van der Waals surface area contributed by atoms with Gasteiger partial charge in [0.15, 0.2) is 0 Å². The first-order chi connectivity index (χ1) is 16.6. The summed E-state index contributed by atoms with van der Waals surface area (Å²) in [6.45, 7) is 6.61. The summed E-state index contributed by atoms with van der Waals surface area (Å²) in [6, 6.07) is 14.0. The van der Waals surface area contributed by atoms with Crippen LogP contribution in [0.25, 0.3) is 0 Å². The Labute approximate surface area is 209 Å². The first-order valence-electron chi connectivity index (χ1n) is 11.8. The minimum Gasteiger partial charge on any atom is -0.495 e. The van der Waals surface area contributed by atoms with E-state index in [1.807, 2.05) is 38.1 Å². The van der Waals surface area contributed by atoms with Crippen molar-refractivity contribution in [2.24, 2.45) is 0 Å². The molecule has 0 aromatic heterocycles. The van der Waals surface area contributed by atoms with Crippen molar-refractivity contribution >= 4 is 27.5 Å². The molecule has 1 atom stereocenters. The molecule has 0 saturated carbocycles. The van der Waals surface area contributed by atoms with Crippen molar-refractivity contribution in [1.82, 2.24) is 10.2 Å². The summed E-state index contributed by atoms with van der Waals surface area (Å²) in [4.78, 5) is 27.5. The van der Waals surface area contributed by atoms with E-state index < -0.39 is 16.1 Å². The quantitative estimate of drug-likeness (QED) is 0.451. The zero-order valence-electron chi connectivity index (χ0n) is 21.3. The van der Waals surface area contributed by atoms with E-state index in [0.29, 0.717) is 24.5 Å². The van der Waals surface area contributed by atoms with Crippen molar-refractivity contribution in [2.45, 2.75) is 52.6 Å². The Balaban J connectivity index is 2.18. The topological polar surface area (TPSA) is 96.0 Å². The second-order valence-electron chi connectivity index (χ2n) is 8.59. The van der Waals surface area contributed by atoms with Gasteiger partial charge in [0, 0.05) is 26.1 Å². The number of sulfonamides is 1. The van der Waals surface area contributed by atoms with E-state index in [1.54, 1.807) is 36.1 Å². The van der Waals surface area contributed by atoms with E-state index in [1.165, 1.54) is 11.4 Å². The van der Waals surface area contributed by atoms with Crippen LogP contribution in [0, 0.1) is 6.92 Å². The Morgan fingerprint density at radius 3 is 2.46 bits per heavy atom. The molecule has 1 N–H and O–H groups in total. The Morgan fingerprint density at radius 1 is 1.11 bits per heavy atom. The molecular formula is C26H37N3O5S. The molecule has 192 valence electrons. The second kappa shape index (κ2) is 13.1. The molecule has 9 heteroatoms. The molecule has 0 aliphatic carbocycles. The Kier molecular flexibility index (Phi) is 10.6. The number of ether oxygens (including phenoxy) is 1. The molecule has 0 spiro atoms. The predicted molar refractivity (Wildman–Crippen MR) is 139 cm³/mol. The third-order valence-corrected chi connectivity index (χ3v) is 6.84. The smallest absolute Gasteiger partial charge is 0.242 e. The number of amides is 2. The van der Waals surface area contributed by atoms with Gasteiger partial charge in [0.05, 0.1) is 19.1 Å². The van der Waals surface area contributed by atoms with Crippen LogP contribution in [0.4, 0.5) is 5.69 Å². The summed E-state index contributed by atoms with van der Waals surface area (Å²) in [5.74, 6) is 0.0188. The number of carbonyl (C=O) groups excluding carboxylic acids is 2. The second-order valence-corrected chi connectivity index (χ2v) is 10.5. The SMILES string of the molecule is CCCNC(=O)[C@@H](C)N(Cc1cccc(C)c1)C(=O)CCCN(c1ccccc1OC)S(C)(=O)=O. The lowest BCUT2D eigenvalue weighted by Crippen LogP contribution is -2.47. The molecule has 0 aliphatic heterocycles. The van der Waals surface area contributed by atoms with Gasteiger partial charge in [-0.15, -0.1) is 0 Å². The van der Waals surface area contributed by atoms with Gasteiger partial charge in [0.25, 0.3) is 0 Å². The number of anilines is 1. The van der Waals surface area contributed by atoms with Crippen molar-refractivity contribution in [3.63, 3.8) is 0 Å². The van der Waals surface area contributed by atoms with Crippen LogP contribution in [0.15, 0.2) is 48.5 Å². The zero-order valence-corrected chi connectivity index (χ0v) is 22.1. The van der Waals surface area contributed by atoms with E-state index in [4.69, 9.17) is 4.74 Å². The number of methoxy groups -OCH3 is 1. The maximum Gasteiger partial charge on any atom is 0.242 e. The van der Waals surface area contributed by atoms with E-state index >= 15 is 0 Å². The average Bonchev–Trinajstić information content (AvgIpc) is 2.82. The average molecular weight is 504 g/mol. The minimum absolute atomic E-state index is 0.0956. The molecule has 2 amide bonds. The van der Waals surface area contributed by atoms with Gasteiger partial charge in [-0.2, -0.15) is 0 Å². The van der Waals surface area contributed by atoms with Crippen molar-refractivity contribution < 1.29 is 22.7 Å². The number of nitrogens with zero attached hydrogens (tertiary/aromatic N) is 2. The molecule has 0 fully saturated rings. The van der Waals surface area contributed by atoms with Gasteiger partial charge >= 0.3 is 0 Å². The highest BCUT2D eigenvalue weighted by atomic mass is 32.2. The van der Waals surface area contributed by atoms with Crippen molar-refractivity contribution in [3.8, 4) is 5.75 Å². The number of nitrogens with one attached hydrogen (secondary N) is 1. The van der Waals surface area contributed by atoms with E-state index in [0.717, 1.165) is 23.8 Å². The van der Waals surface area contributed by atoms with Crippen LogP contribution in [0.1, 0.15) is 44.2 Å². The van der Waals surface area contributed by atoms with Crippen molar-refractivity contribution in [2.75, 3.05) is 30.8 Å². The molecule has 0 aliphatic rings. The van der Waals surface area contributed by atoms with Gasteiger partial charge in [-0.25, -0.2) is 8.42 Å². The monoisotopic (exact) mass is 503 g/mol. The van der Waals surface area contributed by atoms with Crippen LogP contribution in [-0.4, -0.2) is 57.6 Å². The number of aryl methyl sites for hydroxylation is 1.